The van der Waals surface area contributed by atoms with E-state index < -0.39 is 10.0 Å². The van der Waals surface area contributed by atoms with Gasteiger partial charge in [0.25, 0.3) is 10.0 Å². The normalized spacial score (nSPS) is 10.4. The van der Waals surface area contributed by atoms with Gasteiger partial charge in [0.05, 0.1) is 0 Å². The van der Waals surface area contributed by atoms with E-state index in [1.165, 1.54) is 18.5 Å². The van der Waals surface area contributed by atoms with Crippen molar-refractivity contribution in [1.82, 2.24) is 4.98 Å². The Bertz CT molecular complexity index is 559. The van der Waals surface area contributed by atoms with Gasteiger partial charge in [-0.15, -0.1) is 12.4 Å². The fourth-order valence-corrected chi connectivity index (χ4v) is 2.25. The third-order valence-corrected chi connectivity index (χ3v) is 3.34. The molecule has 1 heterocycles. The summed E-state index contributed by atoms with van der Waals surface area (Å²) < 4.78 is 26.2. The minimum Gasteiger partial charge on any atom is -0.280 e. The molecule has 0 aliphatic carbocycles. The average molecular weight is 271 g/mol. The molecule has 0 fully saturated rings. The minimum atomic E-state index is -3.53. The lowest BCUT2D eigenvalue weighted by Crippen LogP contribution is -2.12. The van der Waals surface area contributed by atoms with Crippen LogP contribution in [0.4, 0.5) is 5.69 Å². The first-order valence-corrected chi connectivity index (χ1v) is 6.15. The van der Waals surface area contributed by atoms with E-state index in [4.69, 9.17) is 0 Å². The lowest BCUT2D eigenvalue weighted by molar-refractivity contribution is 0.601. The van der Waals surface area contributed by atoms with Crippen LogP contribution in [-0.4, -0.2) is 13.4 Å². The van der Waals surface area contributed by atoms with E-state index in [0.717, 1.165) is 0 Å². The number of hydrogen-bond donors (Lipinski definition) is 1. The highest BCUT2D eigenvalue weighted by Crippen LogP contribution is 2.13. The summed E-state index contributed by atoms with van der Waals surface area (Å²) in [6, 6.07) is 11.8. The molecule has 0 unspecified atom stereocenters. The van der Waals surface area contributed by atoms with Gasteiger partial charge >= 0.3 is 0 Å². The molecule has 1 aromatic heterocycles. The van der Waals surface area contributed by atoms with Gasteiger partial charge in [-0.1, -0.05) is 18.2 Å². The lowest BCUT2D eigenvalue weighted by Gasteiger charge is -2.06. The third-order valence-electron chi connectivity index (χ3n) is 1.97. The van der Waals surface area contributed by atoms with E-state index >= 15 is 0 Å². The van der Waals surface area contributed by atoms with Crippen molar-refractivity contribution in [3.8, 4) is 0 Å². The van der Waals surface area contributed by atoms with Crippen LogP contribution < -0.4 is 4.72 Å². The number of pyridine rings is 1. The van der Waals surface area contributed by atoms with Crippen LogP contribution in [0.1, 0.15) is 0 Å². The van der Waals surface area contributed by atoms with Crippen LogP contribution in [-0.2, 0) is 10.0 Å². The van der Waals surface area contributed by atoms with Crippen LogP contribution in [0.25, 0.3) is 0 Å². The Morgan fingerprint density at radius 3 is 2.29 bits per heavy atom. The summed E-state index contributed by atoms with van der Waals surface area (Å²) in [7, 11) is -3.53. The van der Waals surface area contributed by atoms with E-state index in [9.17, 15) is 8.42 Å². The molecular weight excluding hydrogens is 260 g/mol. The number of anilines is 1. The molecule has 0 amide bonds. The molecule has 0 radical (unpaired) electrons. The number of aromatic nitrogens is 1. The predicted molar refractivity (Wildman–Crippen MR) is 68.7 cm³/mol. The molecule has 0 bridgehead atoms. The predicted octanol–water partition coefficient (Wildman–Crippen LogP) is 2.30. The van der Waals surface area contributed by atoms with E-state index in [-0.39, 0.29) is 17.3 Å². The maximum absolute atomic E-state index is 11.9. The zero-order chi connectivity index (χ0) is 11.4. The molecule has 4 nitrogen and oxygen atoms in total. The molecule has 0 atom stereocenters. The monoisotopic (exact) mass is 270 g/mol. The zero-order valence-electron chi connectivity index (χ0n) is 8.78. The van der Waals surface area contributed by atoms with Crippen molar-refractivity contribution in [1.29, 1.82) is 0 Å². The molecule has 2 rings (SSSR count). The van der Waals surface area contributed by atoms with Crippen molar-refractivity contribution in [2.45, 2.75) is 4.90 Å². The largest absolute Gasteiger partial charge is 0.280 e. The third kappa shape index (κ3) is 3.44. The topological polar surface area (TPSA) is 59.1 Å². The highest BCUT2D eigenvalue weighted by Gasteiger charge is 2.13. The number of hydrogen-bond acceptors (Lipinski definition) is 3. The Morgan fingerprint density at radius 1 is 1.00 bits per heavy atom. The second kappa shape index (κ2) is 5.65. The summed E-state index contributed by atoms with van der Waals surface area (Å²) in [5.74, 6) is 0. The van der Waals surface area contributed by atoms with Gasteiger partial charge in [-0.05, 0) is 24.3 Å². The first-order valence-electron chi connectivity index (χ1n) is 4.66. The highest BCUT2D eigenvalue weighted by atomic mass is 35.5. The van der Waals surface area contributed by atoms with Crippen LogP contribution in [0.2, 0.25) is 0 Å². The first kappa shape index (κ1) is 13.5. The molecule has 2 aromatic rings. The van der Waals surface area contributed by atoms with Crippen molar-refractivity contribution in [3.05, 3.63) is 54.9 Å². The van der Waals surface area contributed by atoms with Crippen molar-refractivity contribution >= 4 is 28.1 Å². The van der Waals surface area contributed by atoms with Gasteiger partial charge in [-0.25, -0.2) is 8.42 Å². The number of sulfonamides is 1. The summed E-state index contributed by atoms with van der Waals surface area (Å²) in [6.45, 7) is 0. The summed E-state index contributed by atoms with van der Waals surface area (Å²) in [6.07, 6.45) is 2.84. The number of nitrogens with one attached hydrogen (secondary N) is 1. The standard InChI is InChI=1S/C11H10N2O2S.ClH/c14-16(15,11-7-4-8-12-9-11)13-10-5-2-1-3-6-10;/h1-9,13H;1H. The number of nitrogens with zero attached hydrogens (tertiary/aromatic N) is 1. The fraction of sp³-hybridized carbons (Fsp3) is 0. The molecule has 17 heavy (non-hydrogen) atoms. The lowest BCUT2D eigenvalue weighted by atomic mass is 10.3. The Hall–Kier alpha value is -1.59. The van der Waals surface area contributed by atoms with Gasteiger partial charge in [-0.3, -0.25) is 9.71 Å². The van der Waals surface area contributed by atoms with E-state index in [0.29, 0.717) is 5.69 Å². The smallest absolute Gasteiger partial charge is 0.263 e. The molecule has 0 saturated heterocycles. The molecule has 0 aliphatic heterocycles. The molecular formula is C11H11ClN2O2S. The van der Waals surface area contributed by atoms with Crippen molar-refractivity contribution in [2.75, 3.05) is 4.72 Å². The van der Waals surface area contributed by atoms with Gasteiger partial charge in [0.15, 0.2) is 0 Å². The minimum absolute atomic E-state index is 0. The molecule has 6 heteroatoms. The highest BCUT2D eigenvalue weighted by molar-refractivity contribution is 7.92. The molecule has 0 spiro atoms. The zero-order valence-corrected chi connectivity index (χ0v) is 10.4. The second-order valence-electron chi connectivity index (χ2n) is 3.16. The Balaban J connectivity index is 0.00000144. The summed E-state index contributed by atoms with van der Waals surface area (Å²) in [5, 5.41) is 0. The Morgan fingerprint density at radius 2 is 1.71 bits per heavy atom. The maximum Gasteiger partial charge on any atom is 0.263 e. The first-order chi connectivity index (χ1) is 7.68. The summed E-state index contributed by atoms with van der Waals surface area (Å²) >= 11 is 0. The molecule has 1 aromatic carbocycles. The number of benzene rings is 1. The van der Waals surface area contributed by atoms with Gasteiger partial charge in [0.2, 0.25) is 0 Å². The van der Waals surface area contributed by atoms with Crippen LogP contribution in [0.5, 0.6) is 0 Å². The molecule has 1 N–H and O–H groups in total. The van der Waals surface area contributed by atoms with Crippen LogP contribution >= 0.6 is 12.4 Å². The fourth-order valence-electron chi connectivity index (χ4n) is 1.23. The van der Waals surface area contributed by atoms with Crippen molar-refractivity contribution in [2.24, 2.45) is 0 Å². The number of halogens is 1. The summed E-state index contributed by atoms with van der Waals surface area (Å²) in [5.41, 5.74) is 0.534. The number of rotatable bonds is 3. The Labute approximate surface area is 106 Å². The quantitative estimate of drug-likeness (QED) is 0.931. The SMILES string of the molecule is Cl.O=S(=O)(Nc1ccccc1)c1cccnc1. The number of para-hydroxylation sites is 1. The molecule has 90 valence electrons. The van der Waals surface area contributed by atoms with Gasteiger partial charge in [-0.2, -0.15) is 0 Å². The second-order valence-corrected chi connectivity index (χ2v) is 4.84. The van der Waals surface area contributed by atoms with E-state index in [1.54, 1.807) is 30.3 Å². The van der Waals surface area contributed by atoms with Gasteiger partial charge in [0, 0.05) is 18.1 Å². The van der Waals surface area contributed by atoms with Gasteiger partial charge < -0.3 is 0 Å². The van der Waals surface area contributed by atoms with Crippen molar-refractivity contribution in [3.63, 3.8) is 0 Å². The average Bonchev–Trinajstić information content (AvgIpc) is 2.31. The van der Waals surface area contributed by atoms with Crippen LogP contribution in [0.15, 0.2) is 59.8 Å². The molecule has 0 aliphatic rings. The van der Waals surface area contributed by atoms with Gasteiger partial charge in [0.1, 0.15) is 4.90 Å². The van der Waals surface area contributed by atoms with E-state index in [1.807, 2.05) is 6.07 Å². The molecule has 0 saturated carbocycles. The summed E-state index contributed by atoms with van der Waals surface area (Å²) in [4.78, 5) is 3.93. The Kier molecular flexibility index (Phi) is 4.48. The van der Waals surface area contributed by atoms with Crippen molar-refractivity contribution < 1.29 is 8.42 Å². The van der Waals surface area contributed by atoms with E-state index in [2.05, 4.69) is 9.71 Å². The van der Waals surface area contributed by atoms with Crippen LogP contribution in [0.3, 0.4) is 0 Å². The van der Waals surface area contributed by atoms with Crippen LogP contribution in [0, 0.1) is 0 Å². The maximum atomic E-state index is 11.9.